The molecule has 9 heteroatoms. The molecular formula is C18H15FN6O2. The van der Waals surface area contributed by atoms with Crippen LogP contribution in [-0.2, 0) is 16.9 Å². The van der Waals surface area contributed by atoms with Crippen LogP contribution in [0.25, 0.3) is 5.69 Å². The Morgan fingerprint density at radius 1 is 1.07 bits per heavy atom. The Morgan fingerprint density at radius 2 is 1.78 bits per heavy atom. The Balaban J connectivity index is 1.65. The van der Waals surface area contributed by atoms with Crippen LogP contribution < -0.4 is 5.32 Å². The zero-order valence-corrected chi connectivity index (χ0v) is 14.3. The molecule has 0 radical (unpaired) electrons. The van der Waals surface area contributed by atoms with E-state index in [9.17, 15) is 14.0 Å². The molecule has 0 aliphatic carbocycles. The lowest BCUT2D eigenvalue weighted by molar-refractivity contribution is -0.131. The van der Waals surface area contributed by atoms with E-state index in [1.54, 1.807) is 18.2 Å². The number of nitrogens with zero attached hydrogens (tertiary/aromatic N) is 5. The molecule has 27 heavy (non-hydrogen) atoms. The standard InChI is InChI=1S/C18H15FN6O2/c1-18(13-9-5-6-10-14(13)19)16(26)24(17(27)20-18)11-15-21-22-23-25(15)12-7-3-2-4-8-12/h2-10H,11H2,1H3,(H,20,27)/t18-/m0/s1. The van der Waals surface area contributed by atoms with Gasteiger partial charge in [0.2, 0.25) is 0 Å². The average Bonchev–Trinajstić information content (AvgIpc) is 3.22. The number of nitrogens with one attached hydrogen (secondary N) is 1. The zero-order chi connectivity index (χ0) is 19.0. The molecule has 1 saturated heterocycles. The van der Waals surface area contributed by atoms with E-state index < -0.39 is 23.3 Å². The molecule has 0 saturated carbocycles. The smallest absolute Gasteiger partial charge is 0.319 e. The summed E-state index contributed by atoms with van der Waals surface area (Å²) in [7, 11) is 0. The van der Waals surface area contributed by atoms with Gasteiger partial charge in [0.15, 0.2) is 5.82 Å². The average molecular weight is 366 g/mol. The van der Waals surface area contributed by atoms with E-state index in [2.05, 4.69) is 20.8 Å². The third kappa shape index (κ3) is 2.73. The van der Waals surface area contributed by atoms with Crippen LogP contribution in [0.5, 0.6) is 0 Å². The lowest BCUT2D eigenvalue weighted by Crippen LogP contribution is -2.41. The first-order valence-corrected chi connectivity index (χ1v) is 8.22. The first kappa shape index (κ1) is 16.8. The monoisotopic (exact) mass is 366 g/mol. The number of carbonyl (C=O) groups excluding carboxylic acids is 2. The third-order valence-electron chi connectivity index (χ3n) is 4.52. The largest absolute Gasteiger partial charge is 0.325 e. The highest BCUT2D eigenvalue weighted by Gasteiger charge is 2.50. The lowest BCUT2D eigenvalue weighted by atomic mass is 9.91. The maximum Gasteiger partial charge on any atom is 0.325 e. The summed E-state index contributed by atoms with van der Waals surface area (Å²) in [6.07, 6.45) is 0. The van der Waals surface area contributed by atoms with E-state index in [1.165, 1.54) is 29.8 Å². The molecule has 1 aliphatic rings. The van der Waals surface area contributed by atoms with Crippen molar-refractivity contribution in [2.75, 3.05) is 0 Å². The Hall–Kier alpha value is -3.62. The van der Waals surface area contributed by atoms with E-state index >= 15 is 0 Å². The number of carbonyl (C=O) groups is 2. The summed E-state index contributed by atoms with van der Waals surface area (Å²) < 4.78 is 15.7. The predicted octanol–water partition coefficient (Wildman–Crippen LogP) is 1.77. The van der Waals surface area contributed by atoms with Crippen molar-refractivity contribution >= 4 is 11.9 Å². The number of rotatable bonds is 4. The van der Waals surface area contributed by atoms with Crippen molar-refractivity contribution in [1.29, 1.82) is 0 Å². The summed E-state index contributed by atoms with van der Waals surface area (Å²) >= 11 is 0. The molecule has 2 aromatic carbocycles. The van der Waals surface area contributed by atoms with Gasteiger partial charge in [-0.05, 0) is 35.5 Å². The maximum absolute atomic E-state index is 14.2. The molecule has 0 bridgehead atoms. The molecule has 3 aromatic rings. The van der Waals surface area contributed by atoms with E-state index in [0.717, 1.165) is 4.90 Å². The minimum absolute atomic E-state index is 0.105. The van der Waals surface area contributed by atoms with Crippen molar-refractivity contribution in [1.82, 2.24) is 30.4 Å². The number of para-hydroxylation sites is 1. The van der Waals surface area contributed by atoms with E-state index in [4.69, 9.17) is 0 Å². The molecule has 8 nitrogen and oxygen atoms in total. The van der Waals surface area contributed by atoms with Crippen LogP contribution >= 0.6 is 0 Å². The molecule has 1 N–H and O–H groups in total. The second-order valence-corrected chi connectivity index (χ2v) is 6.27. The number of benzene rings is 2. The van der Waals surface area contributed by atoms with Crippen LogP contribution in [0.1, 0.15) is 18.3 Å². The highest BCUT2D eigenvalue weighted by Crippen LogP contribution is 2.31. The number of tetrazole rings is 1. The molecule has 0 unspecified atom stereocenters. The van der Waals surface area contributed by atoms with E-state index in [1.807, 2.05) is 18.2 Å². The number of urea groups is 1. The normalized spacial score (nSPS) is 19.4. The molecule has 1 aromatic heterocycles. The summed E-state index contributed by atoms with van der Waals surface area (Å²) in [5, 5.41) is 14.0. The van der Waals surface area contributed by atoms with Crippen LogP contribution in [0.2, 0.25) is 0 Å². The SMILES string of the molecule is C[C@@]1(c2ccccc2F)NC(=O)N(Cc2nnnn2-c2ccccc2)C1=O. The topological polar surface area (TPSA) is 93.0 Å². The molecule has 136 valence electrons. The van der Waals surface area contributed by atoms with Gasteiger partial charge in [-0.25, -0.2) is 9.18 Å². The van der Waals surface area contributed by atoms with Crippen LogP contribution in [0.15, 0.2) is 54.6 Å². The Morgan fingerprint density at radius 3 is 2.52 bits per heavy atom. The summed E-state index contributed by atoms with van der Waals surface area (Å²) in [5.41, 5.74) is -0.692. The second kappa shape index (κ2) is 6.27. The van der Waals surface area contributed by atoms with Gasteiger partial charge in [0.1, 0.15) is 11.4 Å². The minimum Gasteiger partial charge on any atom is -0.319 e. The quantitative estimate of drug-likeness (QED) is 0.711. The van der Waals surface area contributed by atoms with Gasteiger partial charge < -0.3 is 5.32 Å². The molecule has 4 rings (SSSR count). The van der Waals surface area contributed by atoms with E-state index in [-0.39, 0.29) is 12.1 Å². The minimum atomic E-state index is -1.49. The number of amides is 3. The molecule has 0 spiro atoms. The van der Waals surface area contributed by atoms with Gasteiger partial charge in [-0.1, -0.05) is 36.4 Å². The highest BCUT2D eigenvalue weighted by atomic mass is 19.1. The van der Waals surface area contributed by atoms with Gasteiger partial charge >= 0.3 is 6.03 Å². The molecular weight excluding hydrogens is 351 g/mol. The zero-order valence-electron chi connectivity index (χ0n) is 14.3. The number of aromatic nitrogens is 4. The van der Waals surface area contributed by atoms with Gasteiger partial charge in [0.25, 0.3) is 5.91 Å². The maximum atomic E-state index is 14.2. The van der Waals surface area contributed by atoms with Crippen molar-refractivity contribution < 1.29 is 14.0 Å². The summed E-state index contributed by atoms with van der Waals surface area (Å²) in [6.45, 7) is 1.34. The Bertz CT molecular complexity index is 1020. The Kier molecular flexibility index (Phi) is 3.91. The summed E-state index contributed by atoms with van der Waals surface area (Å²) in [4.78, 5) is 26.4. The predicted molar refractivity (Wildman–Crippen MR) is 92.0 cm³/mol. The van der Waals surface area contributed by atoms with Crippen molar-refractivity contribution in [3.8, 4) is 5.69 Å². The molecule has 3 amide bonds. The molecule has 1 aliphatic heterocycles. The lowest BCUT2D eigenvalue weighted by Gasteiger charge is -2.22. The third-order valence-corrected chi connectivity index (χ3v) is 4.52. The first-order valence-electron chi connectivity index (χ1n) is 8.22. The van der Waals surface area contributed by atoms with Crippen LogP contribution in [-0.4, -0.2) is 37.0 Å². The Labute approximate surface area is 153 Å². The van der Waals surface area contributed by atoms with Gasteiger partial charge in [-0.2, -0.15) is 4.68 Å². The first-order chi connectivity index (χ1) is 13.0. The summed E-state index contributed by atoms with van der Waals surface area (Å²) in [5.74, 6) is -0.827. The fourth-order valence-electron chi connectivity index (χ4n) is 3.11. The molecule has 1 fully saturated rings. The highest BCUT2D eigenvalue weighted by molar-refractivity contribution is 6.07. The van der Waals surface area contributed by atoms with Crippen molar-refractivity contribution in [2.24, 2.45) is 0 Å². The number of halogens is 1. The second-order valence-electron chi connectivity index (χ2n) is 6.27. The van der Waals surface area contributed by atoms with E-state index in [0.29, 0.717) is 11.5 Å². The molecule has 2 heterocycles. The van der Waals surface area contributed by atoms with Crippen LogP contribution in [0, 0.1) is 5.82 Å². The fraction of sp³-hybridized carbons (Fsp3) is 0.167. The fourth-order valence-corrected chi connectivity index (χ4v) is 3.11. The van der Waals surface area contributed by atoms with Crippen molar-refractivity contribution in [3.63, 3.8) is 0 Å². The number of hydrogen-bond donors (Lipinski definition) is 1. The van der Waals surface area contributed by atoms with Gasteiger partial charge in [0, 0.05) is 5.56 Å². The number of hydrogen-bond acceptors (Lipinski definition) is 5. The van der Waals surface area contributed by atoms with Gasteiger partial charge in [0.05, 0.1) is 12.2 Å². The van der Waals surface area contributed by atoms with Crippen molar-refractivity contribution in [3.05, 3.63) is 71.8 Å². The van der Waals surface area contributed by atoms with Gasteiger partial charge in [-0.15, -0.1) is 5.10 Å². The van der Waals surface area contributed by atoms with Gasteiger partial charge in [-0.3, -0.25) is 9.69 Å². The summed E-state index contributed by atoms with van der Waals surface area (Å²) in [6, 6.07) is 14.3. The van der Waals surface area contributed by atoms with Crippen molar-refractivity contribution in [2.45, 2.75) is 19.0 Å². The van der Waals surface area contributed by atoms with Crippen LogP contribution in [0.3, 0.4) is 0 Å². The number of imide groups is 1. The molecule has 1 atom stereocenters. The van der Waals surface area contributed by atoms with Crippen LogP contribution in [0.4, 0.5) is 9.18 Å².